The van der Waals surface area contributed by atoms with Crippen molar-refractivity contribution >= 4 is 46.7 Å². The topological polar surface area (TPSA) is 174 Å². The van der Waals surface area contributed by atoms with Crippen molar-refractivity contribution in [1.29, 1.82) is 0 Å². The third-order valence-corrected chi connectivity index (χ3v) is 13.6. The summed E-state index contributed by atoms with van der Waals surface area (Å²) in [5.74, 6) is -1.47. The summed E-state index contributed by atoms with van der Waals surface area (Å²) in [6, 6.07) is 8.23. The van der Waals surface area contributed by atoms with Crippen LogP contribution in [-0.2, 0) is 25.5 Å². The summed E-state index contributed by atoms with van der Waals surface area (Å²) in [5.41, 5.74) is 1.96. The Balaban J connectivity index is 1.00. The third kappa shape index (κ3) is 11.6. The van der Waals surface area contributed by atoms with Crippen LogP contribution in [0.5, 0.6) is 11.5 Å². The Morgan fingerprint density at radius 3 is 2.37 bits per heavy atom. The van der Waals surface area contributed by atoms with Crippen molar-refractivity contribution in [2.45, 2.75) is 84.9 Å². The monoisotopic (exact) mass is 974 g/mol. The van der Waals surface area contributed by atoms with E-state index in [0.717, 1.165) is 24.2 Å². The lowest BCUT2D eigenvalue weighted by molar-refractivity contribution is -0.160. The first-order chi connectivity index (χ1) is 32.2. The standard InChI is InChI=1S/C50H60ClFN6O9S/c1-49(2,3)41-23-30-22-40(39(64-7)25-33(30)37-26-38(59)34(46(60)61)27-58(37)41)66-20-9-10-29(47(62)67-50(4,5)6)13-15-56-16-18-57(19-17-56)28-36-42(48(63)65-8)43(32-12-11-31(52)24-35(32)51)55-44(54-36)45-53-14-21-68-45/h11-12,14,21-22,24-27,29,41,43H,9-10,13,15-20,23,28H2,1-8H3,(H,54,55)(H,60,61)/t29?,41?,43-/m0/s1. The number of carboxylic acids is 1. The molecule has 1 fully saturated rings. The van der Waals surface area contributed by atoms with Crippen molar-refractivity contribution in [2.24, 2.45) is 16.3 Å². The number of carboxylic acid groups (broad SMARTS) is 1. The van der Waals surface area contributed by atoms with Gasteiger partial charge in [0.15, 0.2) is 27.8 Å². The van der Waals surface area contributed by atoms with Gasteiger partial charge in [0.25, 0.3) is 0 Å². The molecule has 5 heterocycles. The van der Waals surface area contributed by atoms with E-state index >= 15 is 0 Å². The molecule has 364 valence electrons. The first-order valence-electron chi connectivity index (χ1n) is 22.8. The van der Waals surface area contributed by atoms with Gasteiger partial charge in [0.1, 0.15) is 23.0 Å². The second-order valence-corrected chi connectivity index (χ2v) is 20.7. The fraction of sp³-hybridized carbons (Fsp3) is 0.480. The lowest BCUT2D eigenvalue weighted by Gasteiger charge is -2.39. The van der Waals surface area contributed by atoms with E-state index in [1.54, 1.807) is 13.3 Å². The van der Waals surface area contributed by atoms with E-state index in [0.29, 0.717) is 97.8 Å². The lowest BCUT2D eigenvalue weighted by Crippen LogP contribution is -2.49. The van der Waals surface area contributed by atoms with Crippen LogP contribution in [0.2, 0.25) is 5.02 Å². The molecule has 2 N–H and O–H groups in total. The minimum atomic E-state index is -1.26. The number of ether oxygens (including phenoxy) is 4. The molecule has 4 aromatic rings. The van der Waals surface area contributed by atoms with Crippen LogP contribution in [0.3, 0.4) is 0 Å². The summed E-state index contributed by atoms with van der Waals surface area (Å²) in [5, 5.41) is 15.7. The summed E-state index contributed by atoms with van der Waals surface area (Å²) in [4.78, 5) is 65.8. The highest BCUT2D eigenvalue weighted by atomic mass is 35.5. The zero-order chi connectivity index (χ0) is 49.1. The van der Waals surface area contributed by atoms with Gasteiger partial charge < -0.3 is 38.8 Å². The number of hydrogen-bond acceptors (Lipinski definition) is 14. The summed E-state index contributed by atoms with van der Waals surface area (Å²) < 4.78 is 39.3. The summed E-state index contributed by atoms with van der Waals surface area (Å²) in [6.07, 6.45) is 5.40. The van der Waals surface area contributed by atoms with Crippen molar-refractivity contribution in [3.63, 3.8) is 0 Å². The Hall–Kier alpha value is -5.62. The number of aromatic nitrogens is 2. The predicted octanol–water partition coefficient (Wildman–Crippen LogP) is 7.96. The molecule has 1 saturated heterocycles. The first-order valence-corrected chi connectivity index (χ1v) is 24.0. The zero-order valence-corrected chi connectivity index (χ0v) is 41.4. The summed E-state index contributed by atoms with van der Waals surface area (Å²) in [6.45, 7) is 16.0. The van der Waals surface area contributed by atoms with Gasteiger partial charge in [0, 0.05) is 84.5 Å². The minimum absolute atomic E-state index is 0.132. The van der Waals surface area contributed by atoms with E-state index in [1.165, 1.54) is 48.9 Å². The Kier molecular flexibility index (Phi) is 15.5. The summed E-state index contributed by atoms with van der Waals surface area (Å²) >= 11 is 7.95. The SMILES string of the molecule is COC(=O)C1=C(CN2CCN(CCC(CCCOc3cc4c(cc3OC)-c3cc(=O)c(C(=O)O)cn3C(C(C)(C)C)C4)C(=O)OC(C)(C)C)CC2)NC(c2nccs2)=N[C@H]1c1ccc(F)cc1Cl. The van der Waals surface area contributed by atoms with Gasteiger partial charge in [-0.3, -0.25) is 19.5 Å². The van der Waals surface area contributed by atoms with Crippen LogP contribution in [0.15, 0.2) is 75.2 Å². The molecule has 0 aliphatic carbocycles. The highest BCUT2D eigenvalue weighted by Crippen LogP contribution is 2.46. The van der Waals surface area contributed by atoms with Gasteiger partial charge in [-0.05, 0) is 88.2 Å². The van der Waals surface area contributed by atoms with Crippen molar-refractivity contribution in [3.05, 3.63) is 108 Å². The van der Waals surface area contributed by atoms with Gasteiger partial charge in [-0.2, -0.15) is 0 Å². The molecule has 0 saturated carbocycles. The number of fused-ring (bicyclic) bond motifs is 3. The number of amidine groups is 1. The van der Waals surface area contributed by atoms with E-state index in [-0.39, 0.29) is 39.5 Å². The van der Waals surface area contributed by atoms with Crippen molar-refractivity contribution < 1.29 is 42.8 Å². The normalized spacial score (nSPS) is 18.2. The number of benzene rings is 2. The number of aliphatic imine (C=N–C) groups is 1. The number of carbonyl (C=O) groups is 3. The molecule has 15 nitrogen and oxygen atoms in total. The number of piperazine rings is 1. The molecule has 3 aliphatic heterocycles. The number of halogens is 2. The molecule has 3 atom stereocenters. The molecule has 3 aliphatic rings. The fourth-order valence-electron chi connectivity index (χ4n) is 8.97. The smallest absolute Gasteiger partial charge is 0.341 e. The number of pyridine rings is 1. The molecule has 0 amide bonds. The maximum absolute atomic E-state index is 14.1. The van der Waals surface area contributed by atoms with E-state index in [1.807, 2.05) is 42.9 Å². The van der Waals surface area contributed by atoms with E-state index in [2.05, 4.69) is 40.9 Å². The van der Waals surface area contributed by atoms with Crippen LogP contribution >= 0.6 is 22.9 Å². The van der Waals surface area contributed by atoms with Crippen LogP contribution in [-0.4, -0.2) is 114 Å². The van der Waals surface area contributed by atoms with Crippen molar-refractivity contribution in [3.8, 4) is 22.8 Å². The third-order valence-electron chi connectivity index (χ3n) is 12.5. The van der Waals surface area contributed by atoms with Gasteiger partial charge in [-0.25, -0.2) is 19.0 Å². The van der Waals surface area contributed by atoms with Crippen molar-refractivity contribution in [2.75, 3.05) is 60.1 Å². The number of aromatic carboxylic acids is 1. The Bertz CT molecular complexity index is 2650. The van der Waals surface area contributed by atoms with Gasteiger partial charge >= 0.3 is 17.9 Å². The van der Waals surface area contributed by atoms with E-state index in [4.69, 9.17) is 35.5 Å². The highest BCUT2D eigenvalue weighted by Gasteiger charge is 2.37. The molecular weight excluding hydrogens is 915 g/mol. The molecule has 68 heavy (non-hydrogen) atoms. The molecule has 18 heteroatoms. The quantitative estimate of drug-likeness (QED) is 0.0819. The number of nitrogens with zero attached hydrogens (tertiary/aromatic N) is 5. The maximum atomic E-state index is 14.1. The van der Waals surface area contributed by atoms with E-state index < -0.39 is 34.8 Å². The Morgan fingerprint density at radius 2 is 1.74 bits per heavy atom. The number of rotatable bonds is 16. The highest BCUT2D eigenvalue weighted by molar-refractivity contribution is 7.11. The van der Waals surface area contributed by atoms with Crippen LogP contribution in [0.25, 0.3) is 11.3 Å². The number of nitrogens with one attached hydrogen (secondary N) is 1. The van der Waals surface area contributed by atoms with Crippen LogP contribution in [0, 0.1) is 17.2 Å². The average molecular weight is 976 g/mol. The van der Waals surface area contributed by atoms with E-state index in [9.17, 15) is 28.7 Å². The molecule has 0 radical (unpaired) electrons. The van der Waals surface area contributed by atoms with Crippen molar-refractivity contribution in [1.82, 2.24) is 24.7 Å². The zero-order valence-electron chi connectivity index (χ0n) is 39.8. The fourth-order valence-corrected chi connectivity index (χ4v) is 9.83. The van der Waals surface area contributed by atoms with Crippen LogP contribution < -0.4 is 20.2 Å². The minimum Gasteiger partial charge on any atom is -0.493 e. The van der Waals surface area contributed by atoms with Gasteiger partial charge in [0.2, 0.25) is 0 Å². The maximum Gasteiger partial charge on any atom is 0.341 e. The van der Waals surface area contributed by atoms with Gasteiger partial charge in [-0.1, -0.05) is 38.4 Å². The second-order valence-electron chi connectivity index (χ2n) is 19.4. The summed E-state index contributed by atoms with van der Waals surface area (Å²) in [7, 11) is 2.86. The number of carbonyl (C=O) groups excluding carboxylic acids is 2. The molecule has 2 unspecified atom stereocenters. The van der Waals surface area contributed by atoms with Gasteiger partial charge in [-0.15, -0.1) is 11.3 Å². The second kappa shape index (κ2) is 20.9. The molecule has 0 spiro atoms. The number of thiazole rings is 1. The number of hydrogen-bond donors (Lipinski definition) is 2. The molecular formula is C50H60ClFN6O9S. The molecule has 7 rings (SSSR count). The Morgan fingerprint density at radius 1 is 1.00 bits per heavy atom. The largest absolute Gasteiger partial charge is 0.493 e. The van der Waals surface area contributed by atoms with Crippen LogP contribution in [0.4, 0.5) is 4.39 Å². The lowest BCUT2D eigenvalue weighted by atomic mass is 9.78. The van der Waals surface area contributed by atoms with Crippen LogP contribution in [0.1, 0.15) is 99.4 Å². The number of esters is 2. The molecule has 2 aromatic carbocycles. The molecule has 2 aromatic heterocycles. The average Bonchev–Trinajstić information content (AvgIpc) is 3.83. The predicted molar refractivity (Wildman–Crippen MR) is 258 cm³/mol. The van der Waals surface area contributed by atoms with Gasteiger partial charge in [0.05, 0.1) is 38.0 Å². The number of methoxy groups -OCH3 is 2. The molecule has 0 bridgehead atoms. The Labute approximate surface area is 404 Å². The first kappa shape index (κ1) is 50.3.